The molecule has 0 bridgehead atoms. The Hall–Kier alpha value is -2.27. The largest absolute Gasteiger partial charge is 0.332 e. The summed E-state index contributed by atoms with van der Waals surface area (Å²) in [6.45, 7) is 2.06. The average molecular weight is 356 g/mol. The molecular formula is C20H24N2O2S. The molecule has 0 aliphatic carbocycles. The van der Waals surface area contributed by atoms with Gasteiger partial charge in [0.25, 0.3) is 5.91 Å². The summed E-state index contributed by atoms with van der Waals surface area (Å²) in [5.41, 5.74) is 3.65. The first kappa shape index (κ1) is 19.1. The van der Waals surface area contributed by atoms with Gasteiger partial charge in [-0.2, -0.15) is 11.8 Å². The molecule has 2 amide bonds. The Kier molecular flexibility index (Phi) is 7.07. The van der Waals surface area contributed by atoms with Crippen LogP contribution in [0.4, 0.5) is 5.69 Å². The van der Waals surface area contributed by atoms with Crippen LogP contribution in [-0.4, -0.2) is 36.6 Å². The summed E-state index contributed by atoms with van der Waals surface area (Å²) in [6.07, 6.45) is 2.88. The number of hydrogen-bond donors (Lipinski definition) is 1. The van der Waals surface area contributed by atoms with E-state index in [1.807, 2.05) is 61.7 Å². The molecule has 2 aromatic carbocycles. The lowest BCUT2D eigenvalue weighted by Gasteiger charge is -2.18. The zero-order valence-electron chi connectivity index (χ0n) is 14.9. The Balaban J connectivity index is 1.97. The molecule has 0 spiro atoms. The number of aryl methyl sites for hydroxylation is 1. The molecule has 1 N–H and O–H groups in total. The maximum Gasteiger partial charge on any atom is 0.254 e. The number of anilines is 1. The van der Waals surface area contributed by atoms with Crippen molar-refractivity contribution in [1.82, 2.24) is 4.90 Å². The molecule has 0 fully saturated rings. The van der Waals surface area contributed by atoms with E-state index in [9.17, 15) is 9.59 Å². The number of likely N-dealkylation sites (N-methyl/N-ethyl adjacent to an activating group) is 1. The van der Waals surface area contributed by atoms with Crippen LogP contribution in [-0.2, 0) is 17.0 Å². The fraction of sp³-hybridized carbons (Fsp3) is 0.300. The van der Waals surface area contributed by atoms with Crippen molar-refractivity contribution in [2.45, 2.75) is 19.1 Å². The van der Waals surface area contributed by atoms with Crippen molar-refractivity contribution in [3.8, 4) is 0 Å². The van der Waals surface area contributed by atoms with E-state index in [4.69, 9.17) is 0 Å². The second-order valence-electron chi connectivity index (χ2n) is 5.85. The minimum absolute atomic E-state index is 0.0173. The number of hydrogen-bond acceptors (Lipinski definition) is 3. The van der Waals surface area contributed by atoms with E-state index in [2.05, 4.69) is 5.32 Å². The molecule has 5 heteroatoms. The van der Waals surface area contributed by atoms with Gasteiger partial charge in [0.05, 0.1) is 6.54 Å². The smallest absolute Gasteiger partial charge is 0.254 e. The minimum atomic E-state index is -0.198. The lowest BCUT2D eigenvalue weighted by atomic mass is 10.1. The van der Waals surface area contributed by atoms with E-state index in [0.29, 0.717) is 5.56 Å². The molecule has 0 atom stereocenters. The number of carbonyl (C=O) groups excluding carboxylic acids is 2. The van der Waals surface area contributed by atoms with Crippen LogP contribution in [0.25, 0.3) is 0 Å². The van der Waals surface area contributed by atoms with Gasteiger partial charge >= 0.3 is 0 Å². The van der Waals surface area contributed by atoms with E-state index in [1.54, 1.807) is 18.8 Å². The summed E-state index contributed by atoms with van der Waals surface area (Å²) in [6, 6.07) is 15.2. The molecule has 0 aromatic heterocycles. The zero-order chi connectivity index (χ0) is 18.2. The van der Waals surface area contributed by atoms with Gasteiger partial charge in [-0.1, -0.05) is 37.3 Å². The fourth-order valence-electron chi connectivity index (χ4n) is 2.56. The van der Waals surface area contributed by atoms with E-state index >= 15 is 0 Å². The van der Waals surface area contributed by atoms with Gasteiger partial charge in [0.15, 0.2) is 0 Å². The molecule has 0 unspecified atom stereocenters. The van der Waals surface area contributed by atoms with Crippen LogP contribution >= 0.6 is 11.8 Å². The topological polar surface area (TPSA) is 49.4 Å². The van der Waals surface area contributed by atoms with Crippen molar-refractivity contribution in [2.75, 3.05) is 25.2 Å². The molecule has 0 saturated carbocycles. The third-order valence-corrected chi connectivity index (χ3v) is 4.53. The summed E-state index contributed by atoms with van der Waals surface area (Å²) in [4.78, 5) is 26.2. The molecule has 0 heterocycles. The standard InChI is InChI=1S/C20H24N2O2S/c1-4-16-7-5-6-8-18(16)21-19(23)13-22(2)20(24)17-11-9-15(10-12-17)14-25-3/h5-12H,4,13-14H2,1-3H3,(H,21,23). The van der Waals surface area contributed by atoms with Crippen molar-refractivity contribution < 1.29 is 9.59 Å². The predicted octanol–water partition coefficient (Wildman–Crippen LogP) is 3.82. The fourth-order valence-corrected chi connectivity index (χ4v) is 3.08. The lowest BCUT2D eigenvalue weighted by Crippen LogP contribution is -2.35. The number of rotatable bonds is 7. The number of carbonyl (C=O) groups is 2. The SMILES string of the molecule is CCc1ccccc1NC(=O)CN(C)C(=O)c1ccc(CSC)cc1. The molecular weight excluding hydrogens is 332 g/mol. The number of amides is 2. The Labute approximate surface area is 153 Å². The maximum atomic E-state index is 12.5. The molecule has 0 aliphatic heterocycles. The average Bonchev–Trinajstić information content (AvgIpc) is 2.62. The molecule has 2 rings (SSSR count). The highest BCUT2D eigenvalue weighted by atomic mass is 32.2. The highest BCUT2D eigenvalue weighted by Gasteiger charge is 2.15. The van der Waals surface area contributed by atoms with Crippen LogP contribution in [0.5, 0.6) is 0 Å². The van der Waals surface area contributed by atoms with Gasteiger partial charge in [0.1, 0.15) is 0 Å². The molecule has 4 nitrogen and oxygen atoms in total. The lowest BCUT2D eigenvalue weighted by molar-refractivity contribution is -0.116. The first-order valence-corrected chi connectivity index (χ1v) is 9.65. The van der Waals surface area contributed by atoms with Crippen molar-refractivity contribution in [2.24, 2.45) is 0 Å². The third-order valence-electron chi connectivity index (χ3n) is 3.91. The number of nitrogens with zero attached hydrogens (tertiary/aromatic N) is 1. The van der Waals surface area contributed by atoms with Gasteiger partial charge in [-0.25, -0.2) is 0 Å². The van der Waals surface area contributed by atoms with Gasteiger partial charge in [0.2, 0.25) is 5.91 Å². The molecule has 25 heavy (non-hydrogen) atoms. The van der Waals surface area contributed by atoms with Gasteiger partial charge in [-0.05, 0) is 42.0 Å². The van der Waals surface area contributed by atoms with E-state index in [-0.39, 0.29) is 18.4 Å². The predicted molar refractivity (Wildman–Crippen MR) is 105 cm³/mol. The first-order valence-electron chi connectivity index (χ1n) is 8.26. The van der Waals surface area contributed by atoms with Crippen LogP contribution in [0.3, 0.4) is 0 Å². The molecule has 132 valence electrons. The van der Waals surface area contributed by atoms with Crippen molar-refractivity contribution in [1.29, 1.82) is 0 Å². The van der Waals surface area contributed by atoms with E-state index < -0.39 is 0 Å². The minimum Gasteiger partial charge on any atom is -0.332 e. The highest BCUT2D eigenvalue weighted by molar-refractivity contribution is 7.97. The number of thioether (sulfide) groups is 1. The molecule has 0 aliphatic rings. The zero-order valence-corrected chi connectivity index (χ0v) is 15.7. The maximum absolute atomic E-state index is 12.5. The molecule has 0 radical (unpaired) electrons. The first-order chi connectivity index (χ1) is 12.0. The normalized spacial score (nSPS) is 10.4. The second kappa shape index (κ2) is 9.28. The molecule has 0 saturated heterocycles. The Morgan fingerprint density at radius 3 is 2.40 bits per heavy atom. The number of para-hydroxylation sites is 1. The van der Waals surface area contributed by atoms with Crippen LogP contribution in [0, 0.1) is 0 Å². The van der Waals surface area contributed by atoms with Crippen LogP contribution in [0.2, 0.25) is 0 Å². The van der Waals surface area contributed by atoms with Crippen LogP contribution < -0.4 is 5.32 Å². The summed E-state index contributed by atoms with van der Waals surface area (Å²) in [7, 11) is 1.64. The summed E-state index contributed by atoms with van der Waals surface area (Å²) >= 11 is 1.74. The Morgan fingerprint density at radius 1 is 1.08 bits per heavy atom. The van der Waals surface area contributed by atoms with Crippen molar-refractivity contribution in [3.63, 3.8) is 0 Å². The summed E-state index contributed by atoms with van der Waals surface area (Å²) in [5, 5.41) is 2.89. The Bertz CT molecular complexity index is 729. The monoisotopic (exact) mass is 356 g/mol. The van der Waals surface area contributed by atoms with Gasteiger partial charge in [0, 0.05) is 24.1 Å². The number of benzene rings is 2. The second-order valence-corrected chi connectivity index (χ2v) is 6.72. The van der Waals surface area contributed by atoms with E-state index in [0.717, 1.165) is 23.4 Å². The Morgan fingerprint density at radius 2 is 1.76 bits per heavy atom. The third kappa shape index (κ3) is 5.36. The van der Waals surface area contributed by atoms with Crippen molar-refractivity contribution in [3.05, 3.63) is 65.2 Å². The van der Waals surface area contributed by atoms with Crippen LogP contribution in [0.15, 0.2) is 48.5 Å². The quantitative estimate of drug-likeness (QED) is 0.820. The van der Waals surface area contributed by atoms with Crippen LogP contribution in [0.1, 0.15) is 28.4 Å². The van der Waals surface area contributed by atoms with Gasteiger partial charge in [-0.15, -0.1) is 0 Å². The molecule has 2 aromatic rings. The highest BCUT2D eigenvalue weighted by Crippen LogP contribution is 2.16. The summed E-state index contributed by atoms with van der Waals surface area (Å²) < 4.78 is 0. The van der Waals surface area contributed by atoms with E-state index in [1.165, 1.54) is 10.5 Å². The van der Waals surface area contributed by atoms with Gasteiger partial charge in [-0.3, -0.25) is 9.59 Å². The number of nitrogens with one attached hydrogen (secondary N) is 1. The summed E-state index contributed by atoms with van der Waals surface area (Å²) in [5.74, 6) is 0.564. The van der Waals surface area contributed by atoms with Crippen molar-refractivity contribution >= 4 is 29.3 Å². The van der Waals surface area contributed by atoms with Gasteiger partial charge < -0.3 is 10.2 Å².